The number of nitro benzene ring substituents is 1. The van der Waals surface area contributed by atoms with Crippen LogP contribution in [0, 0.1) is 17.0 Å². The van der Waals surface area contributed by atoms with Gasteiger partial charge in [-0.2, -0.15) is 0 Å². The molecule has 0 N–H and O–H groups in total. The molecular weight excluding hydrogens is 396 g/mol. The number of furan rings is 1. The van der Waals surface area contributed by atoms with Crippen LogP contribution in [0.5, 0.6) is 0 Å². The summed E-state index contributed by atoms with van der Waals surface area (Å²) < 4.78 is 11.0. The molecule has 144 valence electrons. The van der Waals surface area contributed by atoms with Crippen molar-refractivity contribution in [2.45, 2.75) is 6.92 Å². The minimum Gasteiger partial charge on any atom is -0.457 e. The number of hydrogen-bond acceptors (Lipinski definition) is 6. The highest BCUT2D eigenvalue weighted by Gasteiger charge is 2.25. The normalized spacial score (nSPS) is 14.8. The lowest BCUT2D eigenvalue weighted by molar-refractivity contribution is -0.385. The van der Waals surface area contributed by atoms with E-state index in [1.54, 1.807) is 37.3 Å². The minimum absolute atomic E-state index is 0.0152. The number of cyclic esters (lactones) is 1. The molecule has 0 bridgehead atoms. The maximum atomic E-state index is 12.2. The fourth-order valence-electron chi connectivity index (χ4n) is 2.89. The van der Waals surface area contributed by atoms with E-state index in [-0.39, 0.29) is 17.3 Å². The largest absolute Gasteiger partial charge is 0.457 e. The van der Waals surface area contributed by atoms with Gasteiger partial charge in [0.05, 0.1) is 4.92 Å². The van der Waals surface area contributed by atoms with Gasteiger partial charge in [0.1, 0.15) is 11.5 Å². The first kappa shape index (κ1) is 18.6. The van der Waals surface area contributed by atoms with Crippen LogP contribution in [0.3, 0.4) is 0 Å². The zero-order chi connectivity index (χ0) is 20.5. The molecule has 4 rings (SSSR count). The van der Waals surface area contributed by atoms with E-state index in [4.69, 9.17) is 20.8 Å². The van der Waals surface area contributed by atoms with E-state index in [1.807, 2.05) is 12.1 Å². The van der Waals surface area contributed by atoms with Crippen LogP contribution in [0.1, 0.15) is 16.9 Å². The minimum atomic E-state index is -0.628. The molecular formula is C21H13ClN2O5. The van der Waals surface area contributed by atoms with E-state index < -0.39 is 10.9 Å². The quantitative estimate of drug-likeness (QED) is 0.257. The molecule has 1 aliphatic heterocycles. The second kappa shape index (κ2) is 7.37. The molecule has 0 atom stereocenters. The second-order valence-electron chi connectivity index (χ2n) is 6.31. The van der Waals surface area contributed by atoms with Crippen LogP contribution >= 0.6 is 11.6 Å². The van der Waals surface area contributed by atoms with E-state index >= 15 is 0 Å². The van der Waals surface area contributed by atoms with E-state index in [2.05, 4.69) is 4.99 Å². The number of aliphatic imine (C=N–C) groups is 1. The molecule has 0 saturated carbocycles. The predicted molar refractivity (Wildman–Crippen MR) is 108 cm³/mol. The van der Waals surface area contributed by atoms with Crippen molar-refractivity contribution in [2.75, 3.05) is 0 Å². The average Bonchev–Trinajstić information content (AvgIpc) is 3.29. The molecule has 0 unspecified atom stereocenters. The Bertz CT molecular complexity index is 1210. The van der Waals surface area contributed by atoms with Gasteiger partial charge in [-0.1, -0.05) is 23.7 Å². The van der Waals surface area contributed by atoms with Crippen molar-refractivity contribution in [1.29, 1.82) is 0 Å². The van der Waals surface area contributed by atoms with E-state index in [0.717, 1.165) is 5.56 Å². The Morgan fingerprint density at radius 2 is 1.93 bits per heavy atom. The van der Waals surface area contributed by atoms with E-state index in [9.17, 15) is 14.9 Å². The number of benzene rings is 2. The van der Waals surface area contributed by atoms with Crippen LogP contribution in [-0.4, -0.2) is 16.8 Å². The molecule has 0 spiro atoms. The molecule has 29 heavy (non-hydrogen) atoms. The summed E-state index contributed by atoms with van der Waals surface area (Å²) in [6.45, 7) is 1.61. The number of carbonyl (C=O) groups is 1. The van der Waals surface area contributed by atoms with Crippen LogP contribution in [0.15, 0.2) is 69.7 Å². The van der Waals surface area contributed by atoms with Crippen LogP contribution < -0.4 is 0 Å². The summed E-state index contributed by atoms with van der Waals surface area (Å²) in [4.78, 5) is 26.8. The topological polar surface area (TPSA) is 94.9 Å². The zero-order valence-corrected chi connectivity index (χ0v) is 15.8. The van der Waals surface area contributed by atoms with Gasteiger partial charge in [0.25, 0.3) is 5.69 Å². The Labute approximate surface area is 170 Å². The van der Waals surface area contributed by atoms with Gasteiger partial charge in [-0.25, -0.2) is 9.79 Å². The summed E-state index contributed by atoms with van der Waals surface area (Å²) in [6, 6.07) is 15.1. The molecule has 0 fully saturated rings. The Kier molecular flexibility index (Phi) is 4.74. The van der Waals surface area contributed by atoms with Gasteiger partial charge < -0.3 is 9.15 Å². The van der Waals surface area contributed by atoms with E-state index in [1.165, 1.54) is 18.2 Å². The molecule has 8 heteroatoms. The van der Waals surface area contributed by atoms with Crippen molar-refractivity contribution in [3.63, 3.8) is 0 Å². The number of carbonyl (C=O) groups excluding carboxylic acids is 1. The SMILES string of the molecule is Cc1cc(C2=N/C(=C\c3ccc(-c4cccc(Cl)c4)o3)C(=O)O2)ccc1[N+](=O)[O-]. The number of halogens is 1. The van der Waals surface area contributed by atoms with Crippen LogP contribution in [0.2, 0.25) is 5.02 Å². The number of esters is 1. The maximum absolute atomic E-state index is 12.2. The van der Waals surface area contributed by atoms with Crippen molar-refractivity contribution in [2.24, 2.45) is 4.99 Å². The molecule has 0 aliphatic carbocycles. The standard InChI is InChI=1S/C21H13ClN2O5/c1-12-9-14(5-7-18(12)24(26)27)20-23-17(21(25)29-20)11-16-6-8-19(28-16)13-3-2-4-15(22)10-13/h2-11H,1H3/b17-11-. The monoisotopic (exact) mass is 408 g/mol. The fraction of sp³-hybridized carbons (Fsp3) is 0.0476. The van der Waals surface area contributed by atoms with E-state index in [0.29, 0.717) is 27.7 Å². The van der Waals surface area contributed by atoms with Crippen LogP contribution in [0.4, 0.5) is 5.69 Å². The van der Waals surface area contributed by atoms with Crippen LogP contribution in [-0.2, 0) is 9.53 Å². The third-order valence-corrected chi connectivity index (χ3v) is 4.51. The summed E-state index contributed by atoms with van der Waals surface area (Å²) in [7, 11) is 0. The first-order valence-corrected chi connectivity index (χ1v) is 8.92. The highest BCUT2D eigenvalue weighted by Crippen LogP contribution is 2.27. The Hall–Kier alpha value is -3.71. The molecule has 2 aromatic carbocycles. The second-order valence-corrected chi connectivity index (χ2v) is 6.74. The molecule has 0 saturated heterocycles. The number of nitro groups is 1. The Morgan fingerprint density at radius 3 is 2.66 bits per heavy atom. The molecule has 3 aromatic rings. The number of rotatable bonds is 4. The van der Waals surface area contributed by atoms with Gasteiger partial charge in [-0.3, -0.25) is 10.1 Å². The van der Waals surface area contributed by atoms with Crippen molar-refractivity contribution in [1.82, 2.24) is 0 Å². The molecule has 0 radical (unpaired) electrons. The third-order valence-electron chi connectivity index (χ3n) is 4.28. The summed E-state index contributed by atoms with van der Waals surface area (Å²) >= 11 is 6.00. The van der Waals surface area contributed by atoms with Crippen LogP contribution in [0.25, 0.3) is 17.4 Å². The first-order valence-electron chi connectivity index (χ1n) is 8.54. The Balaban J connectivity index is 1.62. The summed E-state index contributed by atoms with van der Waals surface area (Å²) in [6.07, 6.45) is 1.47. The number of aryl methyl sites for hydroxylation is 1. The average molecular weight is 409 g/mol. The first-order chi connectivity index (χ1) is 13.9. The number of nitrogens with zero attached hydrogens (tertiary/aromatic N) is 2. The van der Waals surface area contributed by atoms with Gasteiger partial charge in [0, 0.05) is 33.9 Å². The summed E-state index contributed by atoms with van der Waals surface area (Å²) in [5.74, 6) is 0.482. The molecule has 0 amide bonds. The lowest BCUT2D eigenvalue weighted by Gasteiger charge is -2.01. The summed E-state index contributed by atoms with van der Waals surface area (Å²) in [5.41, 5.74) is 1.79. The lowest BCUT2D eigenvalue weighted by Crippen LogP contribution is -2.06. The maximum Gasteiger partial charge on any atom is 0.363 e. The number of hydrogen-bond donors (Lipinski definition) is 0. The highest BCUT2D eigenvalue weighted by molar-refractivity contribution is 6.30. The van der Waals surface area contributed by atoms with Gasteiger partial charge in [0.15, 0.2) is 5.70 Å². The van der Waals surface area contributed by atoms with Gasteiger partial charge in [0.2, 0.25) is 5.90 Å². The number of ether oxygens (including phenoxy) is 1. The zero-order valence-electron chi connectivity index (χ0n) is 15.1. The van der Waals surface area contributed by atoms with Crippen molar-refractivity contribution < 1.29 is 18.9 Å². The molecule has 1 aliphatic rings. The highest BCUT2D eigenvalue weighted by atomic mass is 35.5. The molecule has 2 heterocycles. The molecule has 7 nitrogen and oxygen atoms in total. The van der Waals surface area contributed by atoms with Crippen molar-refractivity contribution in [3.05, 3.63) is 92.3 Å². The fourth-order valence-corrected chi connectivity index (χ4v) is 3.08. The lowest BCUT2D eigenvalue weighted by atomic mass is 10.1. The van der Waals surface area contributed by atoms with Gasteiger partial charge >= 0.3 is 5.97 Å². The van der Waals surface area contributed by atoms with Gasteiger partial charge in [-0.15, -0.1) is 0 Å². The predicted octanol–water partition coefficient (Wildman–Crippen LogP) is 5.16. The van der Waals surface area contributed by atoms with Gasteiger partial charge in [-0.05, 0) is 43.3 Å². The Morgan fingerprint density at radius 1 is 1.10 bits per heavy atom. The van der Waals surface area contributed by atoms with Crippen molar-refractivity contribution in [3.8, 4) is 11.3 Å². The smallest absolute Gasteiger partial charge is 0.363 e. The molecule has 1 aromatic heterocycles. The van der Waals surface area contributed by atoms with Crippen molar-refractivity contribution >= 4 is 35.2 Å². The summed E-state index contributed by atoms with van der Waals surface area (Å²) in [5, 5.41) is 11.5. The third kappa shape index (κ3) is 3.81.